The first-order valence-corrected chi connectivity index (χ1v) is 6.99. The Kier molecular flexibility index (Phi) is 3.73. The number of hydrogen-bond donors (Lipinski definition) is 3. The summed E-state index contributed by atoms with van der Waals surface area (Å²) in [7, 11) is -4.16. The van der Waals surface area contributed by atoms with Crippen molar-refractivity contribution in [3.05, 3.63) is 54.1 Å². The molecule has 5 nitrogen and oxygen atoms in total. The first-order valence-electron chi connectivity index (χ1n) is 5.55. The highest BCUT2D eigenvalue weighted by Crippen LogP contribution is 2.18. The summed E-state index contributed by atoms with van der Waals surface area (Å²) in [6.45, 7) is 0.415. The van der Waals surface area contributed by atoms with Crippen molar-refractivity contribution in [2.75, 3.05) is 5.32 Å². The summed E-state index contributed by atoms with van der Waals surface area (Å²) in [4.78, 5) is -0.152. The van der Waals surface area contributed by atoms with Crippen LogP contribution in [0.5, 0.6) is 5.75 Å². The molecule has 0 aliphatic heterocycles. The van der Waals surface area contributed by atoms with Gasteiger partial charge in [0.25, 0.3) is 10.1 Å². The fraction of sp³-hybridized carbons (Fsp3) is 0.0769. The summed E-state index contributed by atoms with van der Waals surface area (Å²) in [6.07, 6.45) is 0. The highest BCUT2D eigenvalue weighted by atomic mass is 32.2. The minimum absolute atomic E-state index is 0.152. The molecule has 100 valence electrons. The summed E-state index contributed by atoms with van der Waals surface area (Å²) in [5.41, 5.74) is 1.43. The van der Waals surface area contributed by atoms with E-state index in [0.29, 0.717) is 12.2 Å². The quantitative estimate of drug-likeness (QED) is 0.747. The molecule has 2 aromatic rings. The zero-order valence-corrected chi connectivity index (χ0v) is 10.8. The topological polar surface area (TPSA) is 86.6 Å². The van der Waals surface area contributed by atoms with Crippen LogP contribution in [-0.2, 0) is 16.7 Å². The van der Waals surface area contributed by atoms with Gasteiger partial charge in [0.15, 0.2) is 0 Å². The van der Waals surface area contributed by atoms with Crippen molar-refractivity contribution in [2.45, 2.75) is 11.4 Å². The molecular weight excluding hydrogens is 266 g/mol. The largest absolute Gasteiger partial charge is 0.508 e. The van der Waals surface area contributed by atoms with E-state index in [1.54, 1.807) is 30.3 Å². The van der Waals surface area contributed by atoms with Crippen molar-refractivity contribution in [1.29, 1.82) is 0 Å². The Labute approximate surface area is 111 Å². The summed E-state index contributed by atoms with van der Waals surface area (Å²) in [6, 6.07) is 12.6. The summed E-state index contributed by atoms with van der Waals surface area (Å²) in [5, 5.41) is 12.6. The van der Waals surface area contributed by atoms with Crippen molar-refractivity contribution in [1.82, 2.24) is 0 Å². The smallest absolute Gasteiger partial charge is 0.294 e. The molecule has 6 heteroatoms. The molecule has 0 aromatic heterocycles. The van der Waals surface area contributed by atoms with Gasteiger partial charge in [-0.05, 0) is 30.3 Å². The van der Waals surface area contributed by atoms with Crippen LogP contribution in [0.1, 0.15) is 5.56 Å². The normalized spacial score (nSPS) is 11.2. The van der Waals surface area contributed by atoms with Crippen LogP contribution in [0.15, 0.2) is 53.4 Å². The molecule has 0 aliphatic carbocycles. The molecule has 0 amide bonds. The number of rotatable bonds is 4. The Morgan fingerprint density at radius 2 is 1.63 bits per heavy atom. The van der Waals surface area contributed by atoms with E-state index in [-0.39, 0.29) is 10.6 Å². The van der Waals surface area contributed by atoms with Gasteiger partial charge < -0.3 is 10.4 Å². The van der Waals surface area contributed by atoms with Crippen molar-refractivity contribution in [2.24, 2.45) is 0 Å². The van der Waals surface area contributed by atoms with Gasteiger partial charge in [-0.15, -0.1) is 0 Å². The molecule has 0 fully saturated rings. The highest BCUT2D eigenvalue weighted by Gasteiger charge is 2.08. The Morgan fingerprint density at radius 1 is 1.00 bits per heavy atom. The SMILES string of the molecule is O=S(=O)(O)c1ccc(NCc2ccccc2O)cc1. The first kappa shape index (κ1) is 13.4. The average Bonchev–Trinajstić information content (AvgIpc) is 2.37. The molecule has 0 radical (unpaired) electrons. The Balaban J connectivity index is 2.07. The Hall–Kier alpha value is -2.05. The number of phenols is 1. The maximum Gasteiger partial charge on any atom is 0.294 e. The van der Waals surface area contributed by atoms with Gasteiger partial charge in [-0.2, -0.15) is 8.42 Å². The molecule has 0 unspecified atom stereocenters. The van der Waals surface area contributed by atoms with Crippen LogP contribution in [0.25, 0.3) is 0 Å². The predicted octanol–water partition coefficient (Wildman–Crippen LogP) is 2.25. The van der Waals surface area contributed by atoms with Gasteiger partial charge in [0.1, 0.15) is 5.75 Å². The van der Waals surface area contributed by atoms with Crippen molar-refractivity contribution in [3.8, 4) is 5.75 Å². The van der Waals surface area contributed by atoms with Crippen molar-refractivity contribution >= 4 is 15.8 Å². The molecule has 0 spiro atoms. The summed E-state index contributed by atoms with van der Waals surface area (Å²) >= 11 is 0. The number of benzene rings is 2. The van der Waals surface area contributed by atoms with Crippen LogP contribution >= 0.6 is 0 Å². The molecule has 0 saturated heterocycles. The molecule has 0 aliphatic rings. The lowest BCUT2D eigenvalue weighted by molar-refractivity contribution is 0.469. The van der Waals surface area contributed by atoms with Crippen LogP contribution in [0, 0.1) is 0 Å². The molecule has 19 heavy (non-hydrogen) atoms. The molecule has 2 rings (SSSR count). The monoisotopic (exact) mass is 279 g/mol. The van der Waals surface area contributed by atoms with Crippen LogP contribution in [0.4, 0.5) is 5.69 Å². The van der Waals surface area contributed by atoms with Crippen LogP contribution in [0.3, 0.4) is 0 Å². The lowest BCUT2D eigenvalue weighted by atomic mass is 10.2. The van der Waals surface area contributed by atoms with E-state index in [2.05, 4.69) is 5.32 Å². The van der Waals surface area contributed by atoms with E-state index >= 15 is 0 Å². The zero-order valence-electron chi connectivity index (χ0n) is 9.95. The third-order valence-corrected chi connectivity index (χ3v) is 3.49. The third kappa shape index (κ3) is 3.46. The van der Waals surface area contributed by atoms with Gasteiger partial charge in [0.05, 0.1) is 4.90 Å². The summed E-state index contributed by atoms with van der Waals surface area (Å²) < 4.78 is 30.6. The minimum atomic E-state index is -4.16. The van der Waals surface area contributed by atoms with Gasteiger partial charge in [-0.1, -0.05) is 18.2 Å². The zero-order chi connectivity index (χ0) is 13.9. The lowest BCUT2D eigenvalue weighted by Gasteiger charge is -2.08. The second-order valence-corrected chi connectivity index (χ2v) is 5.40. The lowest BCUT2D eigenvalue weighted by Crippen LogP contribution is -2.01. The second-order valence-electron chi connectivity index (χ2n) is 3.98. The van der Waals surface area contributed by atoms with Gasteiger partial charge in [0.2, 0.25) is 0 Å². The molecule has 0 atom stereocenters. The van der Waals surface area contributed by atoms with Gasteiger partial charge in [0, 0.05) is 17.8 Å². The van der Waals surface area contributed by atoms with Gasteiger partial charge in [-0.25, -0.2) is 0 Å². The number of para-hydroxylation sites is 1. The fourth-order valence-electron chi connectivity index (χ4n) is 1.60. The third-order valence-electron chi connectivity index (χ3n) is 2.63. The number of anilines is 1. The van der Waals surface area contributed by atoms with Crippen molar-refractivity contribution < 1.29 is 18.1 Å². The predicted molar refractivity (Wildman–Crippen MR) is 71.7 cm³/mol. The molecule has 0 saturated carbocycles. The molecule has 2 aromatic carbocycles. The highest BCUT2D eigenvalue weighted by molar-refractivity contribution is 7.85. The van der Waals surface area contributed by atoms with Crippen LogP contribution in [-0.4, -0.2) is 18.1 Å². The second kappa shape index (κ2) is 5.29. The molecular formula is C13H13NO4S. The number of hydrogen-bond acceptors (Lipinski definition) is 4. The minimum Gasteiger partial charge on any atom is -0.508 e. The van der Waals surface area contributed by atoms with E-state index in [0.717, 1.165) is 5.56 Å². The van der Waals surface area contributed by atoms with Gasteiger partial charge in [-0.3, -0.25) is 4.55 Å². The average molecular weight is 279 g/mol. The molecule has 0 heterocycles. The van der Waals surface area contributed by atoms with Crippen LogP contribution in [0.2, 0.25) is 0 Å². The molecule has 3 N–H and O–H groups in total. The Bertz CT molecular complexity index is 665. The number of phenolic OH excluding ortho intramolecular Hbond substituents is 1. The van der Waals surface area contributed by atoms with Crippen molar-refractivity contribution in [3.63, 3.8) is 0 Å². The van der Waals surface area contributed by atoms with E-state index in [1.807, 2.05) is 6.07 Å². The maximum atomic E-state index is 10.9. The first-order chi connectivity index (χ1) is 8.97. The van der Waals surface area contributed by atoms with Gasteiger partial charge >= 0.3 is 0 Å². The summed E-state index contributed by atoms with van der Waals surface area (Å²) in [5.74, 6) is 0.199. The van der Waals surface area contributed by atoms with E-state index in [1.165, 1.54) is 12.1 Å². The number of nitrogens with one attached hydrogen (secondary N) is 1. The number of aromatic hydroxyl groups is 1. The standard InChI is InChI=1S/C13H13NO4S/c15-13-4-2-1-3-10(13)9-14-11-5-7-12(8-6-11)19(16,17)18/h1-8,14-15H,9H2,(H,16,17,18). The van der Waals surface area contributed by atoms with E-state index in [9.17, 15) is 13.5 Å². The van der Waals surface area contributed by atoms with E-state index < -0.39 is 10.1 Å². The Morgan fingerprint density at radius 3 is 2.21 bits per heavy atom. The maximum absolute atomic E-state index is 10.9. The van der Waals surface area contributed by atoms with Crippen LogP contribution < -0.4 is 5.32 Å². The van der Waals surface area contributed by atoms with E-state index in [4.69, 9.17) is 4.55 Å². The fourth-order valence-corrected chi connectivity index (χ4v) is 2.08. The molecule has 0 bridgehead atoms.